The molecule has 3 heteroatoms. The first-order valence-electron chi connectivity index (χ1n) is 2.82. The summed E-state index contributed by atoms with van der Waals surface area (Å²) in [7, 11) is 0. The second kappa shape index (κ2) is 3.22. The highest BCUT2D eigenvalue weighted by Crippen LogP contribution is 2.00. The largest absolute Gasteiger partial charge is 0.370 e. The van der Waals surface area contributed by atoms with Crippen LogP contribution < -0.4 is 5.73 Å². The van der Waals surface area contributed by atoms with Gasteiger partial charge in [0.05, 0.1) is 0 Å². The zero-order valence-electron chi connectivity index (χ0n) is 5.68. The van der Waals surface area contributed by atoms with Gasteiger partial charge in [0.15, 0.2) is 0 Å². The van der Waals surface area contributed by atoms with Crippen molar-refractivity contribution in [3.63, 3.8) is 0 Å². The molecule has 0 saturated carbocycles. The first-order chi connectivity index (χ1) is 4.04. The first-order valence-corrected chi connectivity index (χ1v) is 2.82. The van der Waals surface area contributed by atoms with E-state index in [0.717, 1.165) is 0 Å². The maximum Gasteiger partial charge on any atom is 0.218 e. The molecule has 0 unspecified atom stereocenters. The Morgan fingerprint density at radius 1 is 1.56 bits per heavy atom. The van der Waals surface area contributed by atoms with Gasteiger partial charge < -0.3 is 5.73 Å². The smallest absolute Gasteiger partial charge is 0.218 e. The number of amides is 1. The summed E-state index contributed by atoms with van der Waals surface area (Å²) in [4.78, 5) is 20.7. The van der Waals surface area contributed by atoms with Gasteiger partial charge in [0.2, 0.25) is 5.91 Å². The van der Waals surface area contributed by atoms with E-state index in [2.05, 4.69) is 0 Å². The molecular formula is C6H11NO2. The number of nitrogens with two attached hydrogens (primary N) is 1. The van der Waals surface area contributed by atoms with Crippen LogP contribution >= 0.6 is 0 Å². The summed E-state index contributed by atoms with van der Waals surface area (Å²) >= 11 is 0. The molecule has 0 aliphatic rings. The number of hydrogen-bond acceptors (Lipinski definition) is 2. The molecule has 0 fully saturated rings. The van der Waals surface area contributed by atoms with Crippen molar-refractivity contribution in [2.75, 3.05) is 0 Å². The van der Waals surface area contributed by atoms with Crippen molar-refractivity contribution in [1.82, 2.24) is 0 Å². The number of Topliss-reactive ketones (excluding diaryl/α,β-unsaturated/α-hetero) is 1. The van der Waals surface area contributed by atoms with Crippen LogP contribution in [0.5, 0.6) is 0 Å². The lowest BCUT2D eigenvalue weighted by Gasteiger charge is -2.01. The van der Waals surface area contributed by atoms with E-state index in [4.69, 9.17) is 5.73 Å². The standard InChI is InChI=1S/C6H11NO2/c1-4(5(2)8)3-6(7)9/h4H,3H2,1-2H3,(H2,7,9)/t4-/m1/s1. The minimum Gasteiger partial charge on any atom is -0.370 e. The van der Waals surface area contributed by atoms with Crippen LogP contribution in [0, 0.1) is 5.92 Å². The molecule has 52 valence electrons. The average molecular weight is 129 g/mol. The molecule has 0 radical (unpaired) electrons. The zero-order valence-corrected chi connectivity index (χ0v) is 5.68. The van der Waals surface area contributed by atoms with Crippen LogP contribution in [0.15, 0.2) is 0 Å². The number of rotatable bonds is 3. The summed E-state index contributed by atoms with van der Waals surface area (Å²) in [5.74, 6) is -0.631. The number of ketones is 1. The van der Waals surface area contributed by atoms with Crippen molar-refractivity contribution >= 4 is 11.7 Å². The number of carbonyl (C=O) groups is 2. The van der Waals surface area contributed by atoms with Gasteiger partial charge in [0.25, 0.3) is 0 Å². The van der Waals surface area contributed by atoms with Crippen molar-refractivity contribution in [1.29, 1.82) is 0 Å². The highest BCUT2D eigenvalue weighted by molar-refractivity contribution is 5.84. The molecule has 0 bridgehead atoms. The van der Waals surface area contributed by atoms with Crippen LogP contribution in [0.2, 0.25) is 0 Å². The summed E-state index contributed by atoms with van der Waals surface area (Å²) in [6.45, 7) is 3.14. The fourth-order valence-electron chi connectivity index (χ4n) is 0.446. The van der Waals surface area contributed by atoms with E-state index < -0.39 is 5.91 Å². The van der Waals surface area contributed by atoms with Crippen LogP contribution in [0.1, 0.15) is 20.3 Å². The maximum absolute atomic E-state index is 10.5. The van der Waals surface area contributed by atoms with Gasteiger partial charge in [-0.15, -0.1) is 0 Å². The van der Waals surface area contributed by atoms with Crippen molar-refractivity contribution < 1.29 is 9.59 Å². The molecule has 0 aromatic heterocycles. The third-order valence-electron chi connectivity index (χ3n) is 1.20. The van der Waals surface area contributed by atoms with Gasteiger partial charge in [-0.25, -0.2) is 0 Å². The Morgan fingerprint density at radius 3 is 2.11 bits per heavy atom. The Labute approximate surface area is 54.2 Å². The van der Waals surface area contributed by atoms with Gasteiger partial charge in [-0.1, -0.05) is 6.92 Å². The molecule has 0 saturated heterocycles. The van der Waals surface area contributed by atoms with E-state index in [1.165, 1.54) is 6.92 Å². The number of hydrogen-bond donors (Lipinski definition) is 1. The Bertz CT molecular complexity index is 131. The Hall–Kier alpha value is -0.860. The van der Waals surface area contributed by atoms with E-state index >= 15 is 0 Å². The molecule has 3 nitrogen and oxygen atoms in total. The van der Waals surface area contributed by atoms with Gasteiger partial charge in [0.1, 0.15) is 5.78 Å². The molecule has 1 amide bonds. The summed E-state index contributed by atoms with van der Waals surface area (Å²) in [6, 6.07) is 0. The predicted molar refractivity (Wildman–Crippen MR) is 33.7 cm³/mol. The normalized spacial score (nSPS) is 12.7. The van der Waals surface area contributed by atoms with Crippen molar-refractivity contribution in [2.45, 2.75) is 20.3 Å². The van der Waals surface area contributed by atoms with Gasteiger partial charge >= 0.3 is 0 Å². The summed E-state index contributed by atoms with van der Waals surface area (Å²) in [5.41, 5.74) is 4.84. The Kier molecular flexibility index (Phi) is 2.91. The Balaban J connectivity index is 3.63. The first kappa shape index (κ1) is 8.14. The zero-order chi connectivity index (χ0) is 7.44. The van der Waals surface area contributed by atoms with E-state index in [1.807, 2.05) is 0 Å². The fourth-order valence-corrected chi connectivity index (χ4v) is 0.446. The Morgan fingerprint density at radius 2 is 2.00 bits per heavy atom. The lowest BCUT2D eigenvalue weighted by atomic mass is 10.0. The third kappa shape index (κ3) is 3.70. The molecular weight excluding hydrogens is 118 g/mol. The van der Waals surface area contributed by atoms with Crippen LogP contribution in [-0.4, -0.2) is 11.7 Å². The lowest BCUT2D eigenvalue weighted by molar-refractivity contribution is -0.125. The van der Waals surface area contributed by atoms with Gasteiger partial charge in [0, 0.05) is 12.3 Å². The van der Waals surface area contributed by atoms with Crippen molar-refractivity contribution in [3.05, 3.63) is 0 Å². The van der Waals surface area contributed by atoms with Gasteiger partial charge in [-0.3, -0.25) is 9.59 Å². The molecule has 1 atom stereocenters. The number of carbonyl (C=O) groups excluding carboxylic acids is 2. The van der Waals surface area contributed by atoms with Crippen molar-refractivity contribution in [2.24, 2.45) is 11.7 Å². The third-order valence-corrected chi connectivity index (χ3v) is 1.20. The quantitative estimate of drug-likeness (QED) is 0.587. The maximum atomic E-state index is 10.5. The molecule has 0 spiro atoms. The monoisotopic (exact) mass is 129 g/mol. The van der Waals surface area contributed by atoms with Crippen LogP contribution in [0.25, 0.3) is 0 Å². The topological polar surface area (TPSA) is 60.2 Å². The fraction of sp³-hybridized carbons (Fsp3) is 0.667. The van der Waals surface area contributed by atoms with Gasteiger partial charge in [-0.2, -0.15) is 0 Å². The van der Waals surface area contributed by atoms with E-state index in [1.54, 1.807) is 6.92 Å². The molecule has 0 aliphatic carbocycles. The molecule has 0 aliphatic heterocycles. The van der Waals surface area contributed by atoms with Crippen LogP contribution in [0.4, 0.5) is 0 Å². The highest BCUT2D eigenvalue weighted by atomic mass is 16.1. The number of primary amides is 1. The molecule has 0 heterocycles. The second-order valence-electron chi connectivity index (χ2n) is 2.18. The summed E-state index contributed by atoms with van der Waals surface area (Å²) < 4.78 is 0. The van der Waals surface area contributed by atoms with Crippen LogP contribution in [0.3, 0.4) is 0 Å². The van der Waals surface area contributed by atoms with E-state index in [0.29, 0.717) is 0 Å². The SMILES string of the molecule is CC(=O)[C@H](C)CC(N)=O. The molecule has 0 aromatic carbocycles. The predicted octanol–water partition coefficient (Wildman–Crippen LogP) is 0.0869. The highest BCUT2D eigenvalue weighted by Gasteiger charge is 2.09. The second-order valence-corrected chi connectivity index (χ2v) is 2.18. The summed E-state index contributed by atoms with van der Waals surface area (Å²) in [5, 5.41) is 0. The molecule has 0 rings (SSSR count). The average Bonchev–Trinajstić information content (AvgIpc) is 1.63. The molecule has 9 heavy (non-hydrogen) atoms. The van der Waals surface area contributed by atoms with Crippen molar-refractivity contribution in [3.8, 4) is 0 Å². The summed E-state index contributed by atoms with van der Waals surface area (Å²) in [6.07, 6.45) is 0.162. The minimum absolute atomic E-state index is 0.00815. The van der Waals surface area contributed by atoms with E-state index in [-0.39, 0.29) is 18.1 Å². The molecule has 0 aromatic rings. The lowest BCUT2D eigenvalue weighted by Crippen LogP contribution is -2.18. The van der Waals surface area contributed by atoms with E-state index in [9.17, 15) is 9.59 Å². The minimum atomic E-state index is -0.419. The molecule has 2 N–H and O–H groups in total. The van der Waals surface area contributed by atoms with Crippen LogP contribution in [-0.2, 0) is 9.59 Å². The van der Waals surface area contributed by atoms with Gasteiger partial charge in [-0.05, 0) is 6.92 Å².